The lowest BCUT2D eigenvalue weighted by molar-refractivity contribution is 0.262. The molecule has 3 rings (SSSR count). The van der Waals surface area contributed by atoms with Crippen molar-refractivity contribution in [3.05, 3.63) is 53.0 Å². The van der Waals surface area contributed by atoms with E-state index in [-0.39, 0.29) is 0 Å². The van der Waals surface area contributed by atoms with Gasteiger partial charge in [-0.1, -0.05) is 51.5 Å². The molecule has 24 heavy (non-hydrogen) atoms. The number of carbonyl (C=O) groups excluding carboxylic acids is 1. The normalized spacial score (nSPS) is 10.2. The first-order valence-electron chi connectivity index (χ1n) is 6.96. The molecular formula is C16H13BrN4O2S. The minimum Gasteiger partial charge on any atom is -0.495 e. The Morgan fingerprint density at radius 3 is 2.75 bits per heavy atom. The van der Waals surface area contributed by atoms with E-state index in [1.165, 1.54) is 11.3 Å². The number of carbonyl (C=O) groups is 1. The second-order valence-corrected chi connectivity index (χ2v) is 6.60. The quantitative estimate of drug-likeness (QED) is 0.664. The molecule has 8 heteroatoms. The number of methoxy groups -OCH3 is 1. The maximum absolute atomic E-state index is 12.1. The average molecular weight is 405 g/mol. The van der Waals surface area contributed by atoms with E-state index in [2.05, 4.69) is 36.8 Å². The third-order valence-electron chi connectivity index (χ3n) is 3.07. The number of aromatic nitrogens is 2. The van der Waals surface area contributed by atoms with E-state index in [4.69, 9.17) is 4.74 Å². The Labute approximate surface area is 151 Å². The maximum atomic E-state index is 12.1. The van der Waals surface area contributed by atoms with Crippen LogP contribution in [0.5, 0.6) is 5.75 Å². The Balaban J connectivity index is 1.69. The summed E-state index contributed by atoms with van der Waals surface area (Å²) in [4.78, 5) is 12.1. The van der Waals surface area contributed by atoms with Crippen LogP contribution in [0.2, 0.25) is 0 Å². The highest BCUT2D eigenvalue weighted by Gasteiger charge is 2.11. The number of rotatable bonds is 4. The Morgan fingerprint density at radius 1 is 1.12 bits per heavy atom. The molecule has 0 radical (unpaired) electrons. The molecule has 0 unspecified atom stereocenters. The van der Waals surface area contributed by atoms with E-state index >= 15 is 0 Å². The molecule has 0 aliphatic carbocycles. The van der Waals surface area contributed by atoms with Crippen LogP contribution in [0.15, 0.2) is 53.0 Å². The fraction of sp³-hybridized carbons (Fsp3) is 0.0625. The number of ether oxygens (including phenoxy) is 1. The number of urea groups is 1. The summed E-state index contributed by atoms with van der Waals surface area (Å²) in [7, 11) is 1.55. The highest BCUT2D eigenvalue weighted by atomic mass is 79.9. The van der Waals surface area contributed by atoms with Crippen LogP contribution in [0.3, 0.4) is 0 Å². The van der Waals surface area contributed by atoms with Crippen molar-refractivity contribution in [1.82, 2.24) is 10.2 Å². The van der Waals surface area contributed by atoms with Gasteiger partial charge < -0.3 is 10.1 Å². The van der Waals surface area contributed by atoms with Gasteiger partial charge in [-0.25, -0.2) is 4.79 Å². The number of halogens is 1. The van der Waals surface area contributed by atoms with Crippen LogP contribution in [0, 0.1) is 0 Å². The zero-order chi connectivity index (χ0) is 16.9. The number of hydrogen-bond donors (Lipinski definition) is 2. The zero-order valence-corrected chi connectivity index (χ0v) is 15.0. The summed E-state index contributed by atoms with van der Waals surface area (Å²) in [5, 5.41) is 14.6. The molecule has 3 aromatic rings. The molecule has 1 heterocycles. The molecule has 0 spiro atoms. The number of anilines is 2. The maximum Gasteiger partial charge on any atom is 0.325 e. The predicted molar refractivity (Wildman–Crippen MR) is 98.7 cm³/mol. The van der Waals surface area contributed by atoms with Gasteiger partial charge >= 0.3 is 6.03 Å². The number of para-hydroxylation sites is 2. The van der Waals surface area contributed by atoms with Crippen molar-refractivity contribution < 1.29 is 9.53 Å². The topological polar surface area (TPSA) is 76.1 Å². The highest BCUT2D eigenvalue weighted by Crippen LogP contribution is 2.28. The van der Waals surface area contributed by atoms with Gasteiger partial charge in [0.25, 0.3) is 0 Å². The van der Waals surface area contributed by atoms with Crippen LogP contribution >= 0.6 is 27.3 Å². The van der Waals surface area contributed by atoms with Gasteiger partial charge in [0.1, 0.15) is 10.8 Å². The summed E-state index contributed by atoms with van der Waals surface area (Å²) < 4.78 is 6.15. The van der Waals surface area contributed by atoms with E-state index in [0.717, 1.165) is 15.0 Å². The predicted octanol–water partition coefficient (Wildman–Crippen LogP) is 4.62. The second-order valence-electron chi connectivity index (χ2n) is 4.70. The molecule has 122 valence electrons. The van der Waals surface area contributed by atoms with Crippen molar-refractivity contribution >= 4 is 44.1 Å². The molecule has 0 aliphatic heterocycles. The summed E-state index contributed by atoms with van der Waals surface area (Å²) in [6, 6.07) is 14.5. The van der Waals surface area contributed by atoms with Gasteiger partial charge in [-0.05, 0) is 24.3 Å². The molecule has 2 N–H and O–H groups in total. The van der Waals surface area contributed by atoms with Crippen LogP contribution in [0.1, 0.15) is 0 Å². The smallest absolute Gasteiger partial charge is 0.325 e. The van der Waals surface area contributed by atoms with E-state index in [1.807, 2.05) is 36.4 Å². The average Bonchev–Trinajstić information content (AvgIpc) is 3.03. The number of nitrogens with one attached hydrogen (secondary N) is 2. The summed E-state index contributed by atoms with van der Waals surface area (Å²) in [6.07, 6.45) is 0. The Kier molecular flexibility index (Phi) is 5.07. The van der Waals surface area contributed by atoms with Gasteiger partial charge in [-0.15, -0.1) is 10.2 Å². The largest absolute Gasteiger partial charge is 0.495 e. The summed E-state index contributed by atoms with van der Waals surface area (Å²) in [5.74, 6) is 0.583. The minimum absolute atomic E-state index is 0.406. The molecule has 1 aromatic heterocycles. The Bertz CT molecular complexity index is 869. The van der Waals surface area contributed by atoms with E-state index in [0.29, 0.717) is 16.6 Å². The van der Waals surface area contributed by atoms with E-state index in [9.17, 15) is 4.79 Å². The molecule has 2 aromatic carbocycles. The minimum atomic E-state index is -0.406. The van der Waals surface area contributed by atoms with E-state index < -0.39 is 6.03 Å². The highest BCUT2D eigenvalue weighted by molar-refractivity contribution is 9.10. The zero-order valence-electron chi connectivity index (χ0n) is 12.6. The van der Waals surface area contributed by atoms with Gasteiger partial charge in [0, 0.05) is 10.0 Å². The number of benzene rings is 2. The van der Waals surface area contributed by atoms with Crippen molar-refractivity contribution in [2.24, 2.45) is 0 Å². The van der Waals surface area contributed by atoms with Crippen molar-refractivity contribution in [1.29, 1.82) is 0 Å². The number of nitrogens with zero attached hydrogens (tertiary/aromatic N) is 2. The number of hydrogen-bond acceptors (Lipinski definition) is 5. The van der Waals surface area contributed by atoms with Gasteiger partial charge in [0.2, 0.25) is 5.13 Å². The molecule has 2 amide bonds. The molecule has 0 atom stereocenters. The van der Waals surface area contributed by atoms with Gasteiger partial charge in [-0.2, -0.15) is 0 Å². The second kappa shape index (κ2) is 7.41. The fourth-order valence-electron chi connectivity index (χ4n) is 2.01. The lowest BCUT2D eigenvalue weighted by atomic mass is 10.2. The lowest BCUT2D eigenvalue weighted by Gasteiger charge is -2.09. The molecule has 0 aliphatic rings. The van der Waals surface area contributed by atoms with Crippen LogP contribution in [-0.2, 0) is 0 Å². The fourth-order valence-corrected chi connectivity index (χ4v) is 3.14. The Hall–Kier alpha value is -2.45. The van der Waals surface area contributed by atoms with Gasteiger partial charge in [0.15, 0.2) is 0 Å². The third kappa shape index (κ3) is 3.90. The van der Waals surface area contributed by atoms with Gasteiger partial charge in [0.05, 0.1) is 12.8 Å². The Morgan fingerprint density at radius 2 is 1.96 bits per heavy atom. The molecule has 0 saturated heterocycles. The monoisotopic (exact) mass is 404 g/mol. The van der Waals surface area contributed by atoms with Gasteiger partial charge in [-0.3, -0.25) is 5.32 Å². The SMILES string of the molecule is COc1ccccc1NC(=O)Nc1nnc(-c2cccc(Br)c2)s1. The lowest BCUT2D eigenvalue weighted by Crippen LogP contribution is -2.19. The standard InChI is InChI=1S/C16H13BrN4O2S/c1-23-13-8-3-2-7-12(13)18-15(22)19-16-21-20-14(24-16)10-5-4-6-11(17)9-10/h2-9H,1H3,(H2,18,19,21,22). The first-order chi connectivity index (χ1) is 11.7. The summed E-state index contributed by atoms with van der Waals surface area (Å²) in [6.45, 7) is 0. The van der Waals surface area contributed by atoms with Crippen molar-refractivity contribution in [3.63, 3.8) is 0 Å². The first kappa shape index (κ1) is 16.4. The van der Waals surface area contributed by atoms with Crippen LogP contribution in [0.4, 0.5) is 15.6 Å². The third-order valence-corrected chi connectivity index (χ3v) is 4.45. The van der Waals surface area contributed by atoms with Crippen molar-refractivity contribution in [3.8, 4) is 16.3 Å². The van der Waals surface area contributed by atoms with Crippen LogP contribution < -0.4 is 15.4 Å². The van der Waals surface area contributed by atoms with E-state index in [1.54, 1.807) is 19.2 Å². The molecule has 6 nitrogen and oxygen atoms in total. The molecule has 0 bridgehead atoms. The van der Waals surface area contributed by atoms with Crippen molar-refractivity contribution in [2.75, 3.05) is 17.7 Å². The van der Waals surface area contributed by atoms with Crippen LogP contribution in [-0.4, -0.2) is 23.3 Å². The number of amides is 2. The molecular weight excluding hydrogens is 392 g/mol. The molecule has 0 saturated carbocycles. The summed E-state index contributed by atoms with van der Waals surface area (Å²) in [5.41, 5.74) is 1.51. The van der Waals surface area contributed by atoms with Crippen molar-refractivity contribution in [2.45, 2.75) is 0 Å². The van der Waals surface area contributed by atoms with Crippen LogP contribution in [0.25, 0.3) is 10.6 Å². The molecule has 0 fully saturated rings. The first-order valence-corrected chi connectivity index (χ1v) is 8.57. The summed E-state index contributed by atoms with van der Waals surface area (Å²) >= 11 is 4.72.